The molecule has 6 nitrogen and oxygen atoms in total. The van der Waals surface area contributed by atoms with E-state index in [2.05, 4.69) is 15.6 Å². The van der Waals surface area contributed by atoms with E-state index in [0.29, 0.717) is 16.5 Å². The first-order chi connectivity index (χ1) is 14.1. The Labute approximate surface area is 179 Å². The van der Waals surface area contributed by atoms with Crippen LogP contribution < -0.4 is 15.1 Å². The lowest BCUT2D eigenvalue weighted by atomic mass is 10.1. The van der Waals surface area contributed by atoms with Crippen LogP contribution in [0.25, 0.3) is 0 Å². The van der Waals surface area contributed by atoms with Crippen molar-refractivity contribution in [3.05, 3.63) is 69.8 Å². The molecule has 1 atom stereocenters. The predicted octanol–water partition coefficient (Wildman–Crippen LogP) is 4.55. The van der Waals surface area contributed by atoms with E-state index >= 15 is 0 Å². The highest BCUT2D eigenvalue weighted by Gasteiger charge is 2.30. The summed E-state index contributed by atoms with van der Waals surface area (Å²) in [5.41, 5.74) is 0.000986. The third-order valence-electron chi connectivity index (χ3n) is 4.09. The molecule has 1 unspecified atom stereocenters. The van der Waals surface area contributed by atoms with Crippen LogP contribution in [0, 0.1) is 0 Å². The summed E-state index contributed by atoms with van der Waals surface area (Å²) in [5.74, 6) is -0.0968. The van der Waals surface area contributed by atoms with Gasteiger partial charge in [-0.3, -0.25) is 4.52 Å². The number of nitrogens with one attached hydrogen (secondary N) is 1. The molecule has 3 aromatic rings. The van der Waals surface area contributed by atoms with E-state index < -0.39 is 17.8 Å². The molecule has 0 fully saturated rings. The summed E-state index contributed by atoms with van der Waals surface area (Å²) >= 11 is 11.9. The van der Waals surface area contributed by atoms with Gasteiger partial charge in [-0.25, -0.2) is 4.99 Å². The minimum atomic E-state index is -4.52. The summed E-state index contributed by atoms with van der Waals surface area (Å²) in [4.78, 5) is 3.66. The molecule has 30 heavy (non-hydrogen) atoms. The van der Waals surface area contributed by atoms with Gasteiger partial charge in [0.15, 0.2) is 6.04 Å². The third-order valence-corrected chi connectivity index (χ3v) is 4.83. The van der Waals surface area contributed by atoms with Crippen molar-refractivity contribution in [1.82, 2.24) is 5.27 Å². The van der Waals surface area contributed by atoms with Crippen LogP contribution in [0.5, 0.6) is 0 Å². The van der Waals surface area contributed by atoms with Gasteiger partial charge in [0.1, 0.15) is 0 Å². The van der Waals surface area contributed by atoms with Crippen LogP contribution in [-0.2, 0) is 12.6 Å². The summed E-state index contributed by atoms with van der Waals surface area (Å²) in [6, 6.07) is 8.45. The number of rotatable bonds is 5. The van der Waals surface area contributed by atoms with Crippen molar-refractivity contribution >= 4 is 40.8 Å². The Hall–Kier alpha value is -2.78. The molecular formula is C19H15Cl2F3N4O2. The molecule has 158 valence electrons. The number of aliphatic imine (C=N–C) groups is 1. The molecule has 1 heterocycles. The number of hydrogen-bond acceptors (Lipinski definition) is 4. The predicted molar refractivity (Wildman–Crippen MR) is 104 cm³/mol. The average molecular weight is 459 g/mol. The molecule has 0 aliphatic carbocycles. The first-order valence-corrected chi connectivity index (χ1v) is 9.39. The fourth-order valence-corrected chi connectivity index (χ4v) is 2.95. The van der Waals surface area contributed by atoms with Crippen LogP contribution in [0.2, 0.25) is 10.0 Å². The maximum absolute atomic E-state index is 12.8. The van der Waals surface area contributed by atoms with E-state index in [-0.39, 0.29) is 17.6 Å². The smallest absolute Gasteiger partial charge is 0.416 e. The molecule has 0 spiro atoms. The molecular weight excluding hydrogens is 444 g/mol. The van der Waals surface area contributed by atoms with Gasteiger partial charge < -0.3 is 10.4 Å². The van der Waals surface area contributed by atoms with E-state index in [1.165, 1.54) is 23.0 Å². The number of benzene rings is 2. The van der Waals surface area contributed by atoms with Crippen molar-refractivity contribution in [1.29, 1.82) is 0 Å². The van der Waals surface area contributed by atoms with Crippen LogP contribution >= 0.6 is 23.2 Å². The van der Waals surface area contributed by atoms with Gasteiger partial charge in [-0.1, -0.05) is 35.3 Å². The van der Waals surface area contributed by atoms with Crippen LogP contribution in [0.3, 0.4) is 0 Å². The van der Waals surface area contributed by atoms with Gasteiger partial charge in [-0.05, 0) is 40.6 Å². The summed E-state index contributed by atoms with van der Waals surface area (Å²) in [6.45, 7) is 1.87. The van der Waals surface area contributed by atoms with Crippen LogP contribution in [0.4, 0.5) is 24.7 Å². The molecule has 11 heteroatoms. The van der Waals surface area contributed by atoms with Crippen molar-refractivity contribution in [2.75, 3.05) is 5.32 Å². The Bertz CT molecular complexity index is 1070. The molecule has 0 aliphatic heterocycles. The number of aromatic nitrogens is 2. The average Bonchev–Trinajstić information content (AvgIpc) is 3.12. The van der Waals surface area contributed by atoms with Gasteiger partial charge in [-0.2, -0.15) is 13.2 Å². The van der Waals surface area contributed by atoms with Gasteiger partial charge in [0.2, 0.25) is 5.27 Å². The highest BCUT2D eigenvalue weighted by Crippen LogP contribution is 2.30. The van der Waals surface area contributed by atoms with Crippen molar-refractivity contribution in [2.45, 2.75) is 25.6 Å². The van der Waals surface area contributed by atoms with E-state index in [1.54, 1.807) is 12.1 Å². The van der Waals surface area contributed by atoms with Crippen molar-refractivity contribution < 1.29 is 27.5 Å². The lowest BCUT2D eigenvalue weighted by Gasteiger charge is -2.14. The van der Waals surface area contributed by atoms with E-state index in [4.69, 9.17) is 27.7 Å². The van der Waals surface area contributed by atoms with Crippen molar-refractivity contribution in [3.8, 4) is 0 Å². The van der Waals surface area contributed by atoms with Gasteiger partial charge in [0.05, 0.1) is 21.6 Å². The number of hydrogen-bond donors (Lipinski definition) is 1. The van der Waals surface area contributed by atoms with Crippen molar-refractivity contribution in [2.24, 2.45) is 4.99 Å². The Morgan fingerprint density at radius 2 is 2.00 bits per heavy atom. The molecule has 2 aromatic carbocycles. The number of alkyl halides is 3. The quantitative estimate of drug-likeness (QED) is 0.345. The Balaban J connectivity index is 1.68. The summed E-state index contributed by atoms with van der Waals surface area (Å²) in [6.07, 6.45) is -2.54. The van der Waals surface area contributed by atoms with Crippen molar-refractivity contribution in [3.63, 3.8) is 0 Å². The Kier molecular flexibility index (Phi) is 6.52. The molecule has 0 amide bonds. The highest BCUT2D eigenvalue weighted by atomic mass is 35.5. The fraction of sp³-hybridized carbons (Fsp3) is 0.211. The highest BCUT2D eigenvalue weighted by molar-refractivity contribution is 6.42. The first kappa shape index (κ1) is 21.9. The molecule has 1 N–H and O–H groups in total. The van der Waals surface area contributed by atoms with Gasteiger partial charge in [0, 0.05) is 19.0 Å². The molecule has 1 aromatic heterocycles. The van der Waals surface area contributed by atoms with Crippen LogP contribution in [0.15, 0.2) is 58.2 Å². The molecule has 0 saturated carbocycles. The minimum Gasteiger partial charge on any atom is -0.846 e. The monoisotopic (exact) mass is 458 g/mol. The topological polar surface area (TPSA) is 77.4 Å². The number of nitrogens with zero attached hydrogens (tertiary/aromatic N) is 3. The molecule has 0 radical (unpaired) electrons. The number of halogens is 5. The molecule has 0 aliphatic rings. The first-order valence-electron chi connectivity index (χ1n) is 8.64. The molecule has 3 rings (SSSR count). The minimum absolute atomic E-state index is 0.0426. The van der Waals surface area contributed by atoms with E-state index in [0.717, 1.165) is 17.7 Å². The summed E-state index contributed by atoms with van der Waals surface area (Å²) in [5, 5.41) is 19.0. The summed E-state index contributed by atoms with van der Waals surface area (Å²) < 4.78 is 44.7. The maximum Gasteiger partial charge on any atom is 0.416 e. The lowest BCUT2D eigenvalue weighted by Crippen LogP contribution is -2.39. The fourth-order valence-electron chi connectivity index (χ4n) is 2.63. The standard InChI is InChI=1S/C19H15Cl2F3N4O2/c1-11(7-12-5-6-15(20)16(21)8-12)28-10-17(30-27-28)26-18(29)25-14-4-2-3-13(9-14)19(22,23)24/h2-6,8-11H,7H2,1H3,(H-,25,26,27,29). The van der Waals surface area contributed by atoms with E-state index in [1.807, 2.05) is 13.0 Å². The summed E-state index contributed by atoms with van der Waals surface area (Å²) in [7, 11) is 0. The maximum atomic E-state index is 12.8. The number of anilines is 1. The zero-order valence-electron chi connectivity index (χ0n) is 15.5. The lowest BCUT2D eigenvalue weighted by molar-refractivity contribution is -0.782. The Morgan fingerprint density at radius 3 is 2.70 bits per heavy atom. The largest absolute Gasteiger partial charge is 0.846 e. The second-order valence-electron chi connectivity index (χ2n) is 6.44. The number of amidine groups is 1. The van der Waals surface area contributed by atoms with Crippen LogP contribution in [0.1, 0.15) is 24.1 Å². The van der Waals surface area contributed by atoms with Gasteiger partial charge >= 0.3 is 12.1 Å². The second kappa shape index (κ2) is 8.93. The normalized spacial score (nSPS) is 13.3. The second-order valence-corrected chi connectivity index (χ2v) is 7.26. The van der Waals surface area contributed by atoms with Gasteiger partial charge in [0.25, 0.3) is 6.20 Å². The zero-order chi connectivity index (χ0) is 21.9. The van der Waals surface area contributed by atoms with Gasteiger partial charge in [-0.15, -0.1) is 0 Å². The Morgan fingerprint density at radius 1 is 1.23 bits per heavy atom. The molecule has 0 saturated heterocycles. The zero-order valence-corrected chi connectivity index (χ0v) is 17.0. The SMILES string of the molecule is CC(Cc1ccc(Cl)c(Cl)c1)[n+]1cc(/N=C(\[O-])Nc2cccc(C(F)(F)F)c2)on1. The van der Waals surface area contributed by atoms with E-state index in [9.17, 15) is 18.3 Å². The van der Waals surface area contributed by atoms with Crippen LogP contribution in [-0.4, -0.2) is 11.3 Å². The molecule has 0 bridgehead atoms. The third kappa shape index (κ3) is 5.64.